The van der Waals surface area contributed by atoms with Gasteiger partial charge in [-0.1, -0.05) is 18.2 Å². The van der Waals surface area contributed by atoms with Crippen LogP contribution in [0.1, 0.15) is 31.2 Å². The largest absolute Gasteiger partial charge is 0.337 e. The zero-order chi connectivity index (χ0) is 17.7. The first-order valence-corrected chi connectivity index (χ1v) is 9.01. The van der Waals surface area contributed by atoms with E-state index in [0.717, 1.165) is 51.9 Å². The number of nitrogens with one attached hydrogen (secondary N) is 1. The molecule has 0 bridgehead atoms. The van der Waals surface area contributed by atoms with Crippen molar-refractivity contribution in [3.63, 3.8) is 0 Å². The molecule has 1 aromatic carbocycles. The Morgan fingerprint density at radius 3 is 2.44 bits per heavy atom. The summed E-state index contributed by atoms with van der Waals surface area (Å²) in [4.78, 5) is 16.6. The molecule has 6 heteroatoms. The number of amides is 1. The van der Waals surface area contributed by atoms with Gasteiger partial charge in [0.1, 0.15) is 11.4 Å². The fourth-order valence-electron chi connectivity index (χ4n) is 3.73. The van der Waals surface area contributed by atoms with E-state index in [1.807, 2.05) is 12.1 Å². The zero-order valence-corrected chi connectivity index (χ0v) is 14.5. The molecule has 0 atom stereocenters. The van der Waals surface area contributed by atoms with E-state index < -0.39 is 5.54 Å². The van der Waals surface area contributed by atoms with Crippen molar-refractivity contribution in [2.45, 2.75) is 37.8 Å². The summed E-state index contributed by atoms with van der Waals surface area (Å²) >= 11 is 0. The lowest BCUT2D eigenvalue weighted by Gasteiger charge is -2.35. The maximum Gasteiger partial charge on any atom is 0.235 e. The Bertz CT molecular complexity index is 643. The number of hydrogen-bond donors (Lipinski definition) is 1. The molecule has 2 aliphatic rings. The van der Waals surface area contributed by atoms with Crippen molar-refractivity contribution < 1.29 is 9.18 Å². The first kappa shape index (κ1) is 17.8. The lowest BCUT2D eigenvalue weighted by Crippen LogP contribution is -2.52. The normalized spacial score (nSPS) is 21.0. The molecule has 5 nitrogen and oxygen atoms in total. The molecule has 1 aliphatic heterocycles. The van der Waals surface area contributed by atoms with Gasteiger partial charge in [-0.05, 0) is 31.7 Å². The van der Waals surface area contributed by atoms with Crippen LogP contribution in [0.2, 0.25) is 0 Å². The number of halogens is 1. The Morgan fingerprint density at radius 2 is 1.80 bits per heavy atom. The van der Waals surface area contributed by atoms with Gasteiger partial charge >= 0.3 is 0 Å². The second kappa shape index (κ2) is 7.94. The molecule has 0 radical (unpaired) electrons. The summed E-state index contributed by atoms with van der Waals surface area (Å²) in [5.41, 5.74) is 0.0647. The van der Waals surface area contributed by atoms with Gasteiger partial charge in [-0.25, -0.2) is 4.39 Å². The lowest BCUT2D eigenvalue weighted by atomic mass is 10.00. The zero-order valence-electron chi connectivity index (χ0n) is 14.5. The highest BCUT2D eigenvalue weighted by Crippen LogP contribution is 2.28. The van der Waals surface area contributed by atoms with E-state index in [-0.39, 0.29) is 11.7 Å². The third-order valence-corrected chi connectivity index (χ3v) is 5.23. The Morgan fingerprint density at radius 1 is 1.16 bits per heavy atom. The van der Waals surface area contributed by atoms with Gasteiger partial charge in [-0.2, -0.15) is 5.26 Å². The van der Waals surface area contributed by atoms with Crippen LogP contribution in [0.3, 0.4) is 0 Å². The van der Waals surface area contributed by atoms with Crippen molar-refractivity contribution in [2.75, 3.05) is 32.7 Å². The SMILES string of the molecule is N#CC1(NC(=O)CN2CCN(Cc3ccccc3F)CC2)CCCC1. The van der Waals surface area contributed by atoms with Gasteiger partial charge in [0.2, 0.25) is 5.91 Å². The van der Waals surface area contributed by atoms with E-state index in [2.05, 4.69) is 21.2 Å². The molecule has 1 saturated heterocycles. The molecule has 1 aliphatic carbocycles. The summed E-state index contributed by atoms with van der Waals surface area (Å²) in [6.45, 7) is 4.11. The Balaban J connectivity index is 1.44. The van der Waals surface area contributed by atoms with Crippen LogP contribution in [-0.2, 0) is 11.3 Å². The van der Waals surface area contributed by atoms with Gasteiger partial charge < -0.3 is 5.32 Å². The Kier molecular flexibility index (Phi) is 5.67. The average molecular weight is 344 g/mol. The number of hydrogen-bond acceptors (Lipinski definition) is 4. The van der Waals surface area contributed by atoms with Crippen molar-refractivity contribution >= 4 is 5.91 Å². The van der Waals surface area contributed by atoms with Crippen molar-refractivity contribution in [1.29, 1.82) is 5.26 Å². The van der Waals surface area contributed by atoms with E-state index in [0.29, 0.717) is 18.7 Å². The second-order valence-electron chi connectivity index (χ2n) is 7.09. The third-order valence-electron chi connectivity index (χ3n) is 5.23. The monoisotopic (exact) mass is 344 g/mol. The molecule has 3 rings (SSSR count). The number of piperazine rings is 1. The number of carbonyl (C=O) groups excluding carboxylic acids is 1. The topological polar surface area (TPSA) is 59.4 Å². The van der Waals surface area contributed by atoms with Gasteiger partial charge in [0, 0.05) is 38.3 Å². The summed E-state index contributed by atoms with van der Waals surface area (Å²) in [6.07, 6.45) is 3.52. The van der Waals surface area contributed by atoms with Crippen LogP contribution < -0.4 is 5.32 Å². The molecule has 1 heterocycles. The number of nitriles is 1. The smallest absolute Gasteiger partial charge is 0.235 e. The molecule has 0 unspecified atom stereocenters. The molecule has 1 N–H and O–H groups in total. The predicted molar refractivity (Wildman–Crippen MR) is 93.1 cm³/mol. The maximum absolute atomic E-state index is 13.7. The van der Waals surface area contributed by atoms with Crippen LogP contribution in [-0.4, -0.2) is 54.0 Å². The number of benzene rings is 1. The summed E-state index contributed by atoms with van der Waals surface area (Å²) in [7, 11) is 0. The molecule has 25 heavy (non-hydrogen) atoms. The molecule has 1 amide bonds. The summed E-state index contributed by atoms with van der Waals surface area (Å²) in [5, 5.41) is 12.3. The number of carbonyl (C=O) groups is 1. The maximum atomic E-state index is 13.7. The van der Waals surface area contributed by atoms with E-state index in [9.17, 15) is 14.4 Å². The van der Waals surface area contributed by atoms with Gasteiger partial charge in [-0.3, -0.25) is 14.6 Å². The van der Waals surface area contributed by atoms with Crippen molar-refractivity contribution in [1.82, 2.24) is 15.1 Å². The van der Waals surface area contributed by atoms with Crippen molar-refractivity contribution in [3.05, 3.63) is 35.6 Å². The molecule has 2 fully saturated rings. The summed E-state index contributed by atoms with van der Waals surface area (Å²) in [5.74, 6) is -0.228. The second-order valence-corrected chi connectivity index (χ2v) is 7.09. The molecule has 134 valence electrons. The molecule has 0 spiro atoms. The quantitative estimate of drug-likeness (QED) is 0.886. The lowest BCUT2D eigenvalue weighted by molar-refractivity contribution is -0.124. The van der Waals surface area contributed by atoms with Gasteiger partial charge in [0.05, 0.1) is 12.6 Å². The van der Waals surface area contributed by atoms with Crippen molar-refractivity contribution in [3.8, 4) is 6.07 Å². The summed E-state index contributed by atoms with van der Waals surface area (Å²) < 4.78 is 13.7. The highest BCUT2D eigenvalue weighted by Gasteiger charge is 2.35. The molecule has 1 saturated carbocycles. The first-order chi connectivity index (χ1) is 12.1. The van der Waals surface area contributed by atoms with Crippen LogP contribution in [0, 0.1) is 17.1 Å². The van der Waals surface area contributed by atoms with Crippen molar-refractivity contribution in [2.24, 2.45) is 0 Å². The highest BCUT2D eigenvalue weighted by molar-refractivity contribution is 5.79. The molecule has 0 aromatic heterocycles. The number of nitrogens with zero attached hydrogens (tertiary/aromatic N) is 3. The average Bonchev–Trinajstić information content (AvgIpc) is 3.07. The van der Waals surface area contributed by atoms with Crippen LogP contribution in [0.4, 0.5) is 4.39 Å². The van der Waals surface area contributed by atoms with Gasteiger partial charge in [-0.15, -0.1) is 0 Å². The van der Waals surface area contributed by atoms with E-state index >= 15 is 0 Å². The van der Waals surface area contributed by atoms with Crippen LogP contribution in [0.15, 0.2) is 24.3 Å². The summed E-state index contributed by atoms with van der Waals surface area (Å²) in [6, 6.07) is 9.15. The van der Waals surface area contributed by atoms with Crippen LogP contribution >= 0.6 is 0 Å². The fourth-order valence-corrected chi connectivity index (χ4v) is 3.73. The van der Waals surface area contributed by atoms with Gasteiger partial charge in [0.25, 0.3) is 0 Å². The standard InChI is InChI=1S/C19H25FN4O/c20-17-6-2-1-5-16(17)13-23-9-11-24(12-10-23)14-18(25)22-19(15-21)7-3-4-8-19/h1-2,5-6H,3-4,7-14H2,(H,22,25). The highest BCUT2D eigenvalue weighted by atomic mass is 19.1. The predicted octanol–water partition coefficient (Wildman–Crippen LogP) is 1.90. The third kappa shape index (κ3) is 4.56. The van der Waals surface area contributed by atoms with Crippen LogP contribution in [0.5, 0.6) is 0 Å². The van der Waals surface area contributed by atoms with E-state index in [1.54, 1.807) is 6.07 Å². The molecule has 1 aromatic rings. The van der Waals surface area contributed by atoms with Gasteiger partial charge in [0.15, 0.2) is 0 Å². The molecular weight excluding hydrogens is 319 g/mol. The van der Waals surface area contributed by atoms with E-state index in [4.69, 9.17) is 0 Å². The van der Waals surface area contributed by atoms with E-state index in [1.165, 1.54) is 6.07 Å². The minimum absolute atomic E-state index is 0.0639. The Hall–Kier alpha value is -1.97. The molecular formula is C19H25FN4O. The number of rotatable bonds is 5. The first-order valence-electron chi connectivity index (χ1n) is 9.01. The minimum Gasteiger partial charge on any atom is -0.337 e. The minimum atomic E-state index is -0.649. The fraction of sp³-hybridized carbons (Fsp3) is 0.579. The van der Waals surface area contributed by atoms with Crippen LogP contribution in [0.25, 0.3) is 0 Å². The Labute approximate surface area is 148 Å².